The average Bonchev–Trinajstić information content (AvgIpc) is 2.66. The largest absolute Gasteiger partial charge is 0.330 e. The van der Waals surface area contributed by atoms with E-state index in [1.165, 1.54) is 37.7 Å². The summed E-state index contributed by atoms with van der Waals surface area (Å²) >= 11 is 0. The fourth-order valence-corrected chi connectivity index (χ4v) is 2.63. The summed E-state index contributed by atoms with van der Waals surface area (Å²) in [5.41, 5.74) is 6.89. The Morgan fingerprint density at radius 1 is 1.53 bits per heavy atom. The second kappa shape index (κ2) is 4.79. The van der Waals surface area contributed by atoms with E-state index in [1.54, 1.807) is 0 Å². The summed E-state index contributed by atoms with van der Waals surface area (Å²) in [5.74, 6) is 0.818. The van der Waals surface area contributed by atoms with Crippen molar-refractivity contribution in [3.05, 3.63) is 18.0 Å². The van der Waals surface area contributed by atoms with Gasteiger partial charge in [-0.05, 0) is 44.2 Å². The van der Waals surface area contributed by atoms with E-state index >= 15 is 0 Å². The van der Waals surface area contributed by atoms with Crippen LogP contribution in [0.3, 0.4) is 0 Å². The van der Waals surface area contributed by atoms with Gasteiger partial charge in [-0.2, -0.15) is 5.10 Å². The molecule has 84 valence electrons. The Labute approximate surface area is 91.7 Å². The summed E-state index contributed by atoms with van der Waals surface area (Å²) in [6, 6.07) is 0.615. The standard InChI is InChI=1S/C12H21N3/c1-10-8-14-15(9-10)12-4-2-3-11(7-12)5-6-13/h8-9,11-12H,2-7,13H2,1H3. The van der Waals surface area contributed by atoms with Crippen LogP contribution in [0.4, 0.5) is 0 Å². The van der Waals surface area contributed by atoms with E-state index in [0.717, 1.165) is 12.5 Å². The average molecular weight is 207 g/mol. The van der Waals surface area contributed by atoms with Crippen molar-refractivity contribution in [2.75, 3.05) is 6.54 Å². The molecule has 15 heavy (non-hydrogen) atoms. The molecule has 3 nitrogen and oxygen atoms in total. The van der Waals surface area contributed by atoms with Gasteiger partial charge in [0.05, 0.1) is 12.2 Å². The Balaban J connectivity index is 1.98. The summed E-state index contributed by atoms with van der Waals surface area (Å²) in [7, 11) is 0. The highest BCUT2D eigenvalue weighted by molar-refractivity contribution is 5.00. The van der Waals surface area contributed by atoms with E-state index in [4.69, 9.17) is 5.73 Å². The molecule has 1 aromatic rings. The van der Waals surface area contributed by atoms with Crippen molar-refractivity contribution in [1.82, 2.24) is 9.78 Å². The molecule has 1 aliphatic carbocycles. The van der Waals surface area contributed by atoms with E-state index in [0.29, 0.717) is 6.04 Å². The van der Waals surface area contributed by atoms with Crippen LogP contribution >= 0.6 is 0 Å². The predicted octanol–water partition coefficient (Wildman–Crippen LogP) is 2.27. The van der Waals surface area contributed by atoms with Crippen LogP contribution in [0.15, 0.2) is 12.4 Å². The quantitative estimate of drug-likeness (QED) is 0.826. The van der Waals surface area contributed by atoms with Gasteiger partial charge < -0.3 is 5.73 Å². The van der Waals surface area contributed by atoms with Crippen LogP contribution in [-0.4, -0.2) is 16.3 Å². The number of nitrogens with two attached hydrogens (primary N) is 1. The Morgan fingerprint density at radius 3 is 3.07 bits per heavy atom. The van der Waals surface area contributed by atoms with Gasteiger partial charge in [-0.3, -0.25) is 4.68 Å². The van der Waals surface area contributed by atoms with Crippen molar-refractivity contribution >= 4 is 0 Å². The first-order chi connectivity index (χ1) is 7.29. The third-order valence-electron chi connectivity index (χ3n) is 3.43. The fraction of sp³-hybridized carbons (Fsp3) is 0.750. The molecule has 1 fully saturated rings. The maximum atomic E-state index is 5.63. The number of hydrogen-bond acceptors (Lipinski definition) is 2. The lowest BCUT2D eigenvalue weighted by atomic mass is 9.84. The van der Waals surface area contributed by atoms with Gasteiger partial charge in [0, 0.05) is 6.20 Å². The van der Waals surface area contributed by atoms with E-state index in [1.807, 2.05) is 6.20 Å². The third kappa shape index (κ3) is 2.59. The highest BCUT2D eigenvalue weighted by Gasteiger charge is 2.22. The molecular formula is C12H21N3. The summed E-state index contributed by atoms with van der Waals surface area (Å²) in [4.78, 5) is 0. The summed E-state index contributed by atoms with van der Waals surface area (Å²) in [5, 5.41) is 4.42. The molecule has 0 spiro atoms. The Bertz CT molecular complexity index is 304. The first kappa shape index (κ1) is 10.7. The van der Waals surface area contributed by atoms with Crippen LogP contribution in [-0.2, 0) is 0 Å². The highest BCUT2D eigenvalue weighted by Crippen LogP contribution is 2.33. The minimum Gasteiger partial charge on any atom is -0.330 e. The van der Waals surface area contributed by atoms with Gasteiger partial charge >= 0.3 is 0 Å². The lowest BCUT2D eigenvalue weighted by molar-refractivity contribution is 0.244. The predicted molar refractivity (Wildman–Crippen MR) is 61.6 cm³/mol. The normalized spacial score (nSPS) is 26.8. The molecular weight excluding hydrogens is 186 g/mol. The van der Waals surface area contributed by atoms with Crippen LogP contribution in [0.2, 0.25) is 0 Å². The molecule has 0 aromatic carbocycles. The molecule has 2 unspecified atom stereocenters. The lowest BCUT2D eigenvalue weighted by Crippen LogP contribution is -2.21. The molecule has 0 bridgehead atoms. The van der Waals surface area contributed by atoms with Crippen molar-refractivity contribution < 1.29 is 0 Å². The van der Waals surface area contributed by atoms with Gasteiger partial charge in [-0.15, -0.1) is 0 Å². The molecule has 2 atom stereocenters. The van der Waals surface area contributed by atoms with Crippen LogP contribution < -0.4 is 5.73 Å². The van der Waals surface area contributed by atoms with Crippen molar-refractivity contribution in [2.45, 2.75) is 45.1 Å². The summed E-state index contributed by atoms with van der Waals surface area (Å²) in [6.45, 7) is 2.93. The second-order valence-electron chi connectivity index (χ2n) is 4.76. The van der Waals surface area contributed by atoms with Gasteiger partial charge in [0.25, 0.3) is 0 Å². The van der Waals surface area contributed by atoms with Crippen molar-refractivity contribution in [1.29, 1.82) is 0 Å². The van der Waals surface area contributed by atoms with Crippen LogP contribution in [0, 0.1) is 12.8 Å². The van der Waals surface area contributed by atoms with E-state index in [9.17, 15) is 0 Å². The van der Waals surface area contributed by atoms with Crippen molar-refractivity contribution in [2.24, 2.45) is 11.7 Å². The first-order valence-electron chi connectivity index (χ1n) is 6.00. The van der Waals surface area contributed by atoms with Gasteiger partial charge in [0.2, 0.25) is 0 Å². The topological polar surface area (TPSA) is 43.8 Å². The molecule has 1 heterocycles. The third-order valence-corrected chi connectivity index (χ3v) is 3.43. The monoisotopic (exact) mass is 207 g/mol. The minimum atomic E-state index is 0.615. The fourth-order valence-electron chi connectivity index (χ4n) is 2.63. The number of hydrogen-bond donors (Lipinski definition) is 1. The Kier molecular flexibility index (Phi) is 3.41. The molecule has 0 radical (unpaired) electrons. The molecule has 2 rings (SSSR count). The van der Waals surface area contributed by atoms with Gasteiger partial charge in [0.15, 0.2) is 0 Å². The molecule has 1 saturated carbocycles. The molecule has 0 aliphatic heterocycles. The maximum absolute atomic E-state index is 5.63. The van der Waals surface area contributed by atoms with Crippen molar-refractivity contribution in [3.8, 4) is 0 Å². The summed E-state index contributed by atoms with van der Waals surface area (Å²) < 4.78 is 2.15. The Morgan fingerprint density at radius 2 is 2.40 bits per heavy atom. The summed E-state index contributed by atoms with van der Waals surface area (Å²) in [6.07, 6.45) is 10.5. The second-order valence-corrected chi connectivity index (χ2v) is 4.76. The lowest BCUT2D eigenvalue weighted by Gasteiger charge is -2.29. The first-order valence-corrected chi connectivity index (χ1v) is 6.00. The maximum Gasteiger partial charge on any atom is 0.0522 e. The SMILES string of the molecule is Cc1cnn(C2CCCC(CCN)C2)c1. The molecule has 0 amide bonds. The highest BCUT2D eigenvalue weighted by atomic mass is 15.3. The molecule has 3 heteroatoms. The smallest absolute Gasteiger partial charge is 0.0522 e. The molecule has 2 N–H and O–H groups in total. The number of aromatic nitrogens is 2. The van der Waals surface area contributed by atoms with Crippen LogP contribution in [0.5, 0.6) is 0 Å². The Hall–Kier alpha value is -0.830. The number of nitrogens with zero attached hydrogens (tertiary/aromatic N) is 2. The van der Waals surface area contributed by atoms with Gasteiger partial charge in [0.1, 0.15) is 0 Å². The molecule has 0 saturated heterocycles. The molecule has 1 aromatic heterocycles. The van der Waals surface area contributed by atoms with E-state index in [2.05, 4.69) is 22.9 Å². The number of rotatable bonds is 3. The zero-order valence-corrected chi connectivity index (χ0v) is 9.52. The number of aryl methyl sites for hydroxylation is 1. The van der Waals surface area contributed by atoms with Crippen molar-refractivity contribution in [3.63, 3.8) is 0 Å². The zero-order valence-electron chi connectivity index (χ0n) is 9.52. The zero-order chi connectivity index (χ0) is 10.7. The molecule has 1 aliphatic rings. The van der Waals surface area contributed by atoms with Crippen LogP contribution in [0.25, 0.3) is 0 Å². The van der Waals surface area contributed by atoms with Gasteiger partial charge in [-0.1, -0.05) is 12.8 Å². The van der Waals surface area contributed by atoms with Crippen LogP contribution in [0.1, 0.15) is 43.7 Å². The van der Waals surface area contributed by atoms with E-state index in [-0.39, 0.29) is 0 Å². The minimum absolute atomic E-state index is 0.615. The van der Waals surface area contributed by atoms with Gasteiger partial charge in [-0.25, -0.2) is 0 Å². The van der Waals surface area contributed by atoms with E-state index < -0.39 is 0 Å².